The zero-order chi connectivity index (χ0) is 23.1. The van der Waals surface area contributed by atoms with E-state index in [9.17, 15) is 4.39 Å². The Bertz CT molecular complexity index is 1300. The third-order valence-electron chi connectivity index (χ3n) is 6.42. The van der Waals surface area contributed by atoms with Crippen LogP contribution in [0.2, 0.25) is 0 Å². The van der Waals surface area contributed by atoms with Gasteiger partial charge in [0.1, 0.15) is 22.8 Å². The molecule has 2 aromatic carbocycles. The van der Waals surface area contributed by atoms with Crippen LogP contribution in [0.4, 0.5) is 4.39 Å². The van der Waals surface area contributed by atoms with E-state index in [-0.39, 0.29) is 11.8 Å². The van der Waals surface area contributed by atoms with Crippen LogP contribution in [-0.4, -0.2) is 35.6 Å². The molecule has 3 aromatic rings. The highest BCUT2D eigenvalue weighted by atomic mass is 19.1. The quantitative estimate of drug-likeness (QED) is 0.646. The fourth-order valence-corrected chi connectivity index (χ4v) is 4.88. The lowest BCUT2D eigenvalue weighted by Crippen LogP contribution is -2.51. The van der Waals surface area contributed by atoms with Crippen molar-refractivity contribution in [3.63, 3.8) is 0 Å². The van der Waals surface area contributed by atoms with Gasteiger partial charge in [0, 0.05) is 42.6 Å². The Morgan fingerprint density at radius 1 is 0.970 bits per heavy atom. The fraction of sp³-hybridized carbons (Fsp3) is 0.192. The zero-order valence-corrected chi connectivity index (χ0v) is 18.3. The number of nitrogens with two attached hydrogens (primary N) is 1. The molecule has 0 fully saturated rings. The number of halogens is 1. The van der Waals surface area contributed by atoms with E-state index in [0.29, 0.717) is 23.4 Å². The van der Waals surface area contributed by atoms with Crippen LogP contribution in [0.5, 0.6) is 6.01 Å². The second-order valence-corrected chi connectivity index (χ2v) is 8.01. The normalized spacial score (nSPS) is 23.6. The summed E-state index contributed by atoms with van der Waals surface area (Å²) in [5.74, 6) is 0.106. The molecule has 0 bridgehead atoms. The highest BCUT2D eigenvalue weighted by Gasteiger charge is 2.58. The monoisotopic (exact) mass is 442 g/mol. The second kappa shape index (κ2) is 7.94. The number of amidine groups is 1. The van der Waals surface area contributed by atoms with E-state index >= 15 is 0 Å². The van der Waals surface area contributed by atoms with Gasteiger partial charge in [0.05, 0.1) is 7.11 Å². The van der Waals surface area contributed by atoms with Crippen molar-refractivity contribution >= 4 is 11.4 Å². The van der Waals surface area contributed by atoms with Gasteiger partial charge in [-0.3, -0.25) is 0 Å². The number of hydrogen-bond acceptors (Lipinski definition) is 6. The first-order valence-electron chi connectivity index (χ1n) is 10.5. The number of allylic oxidation sites excluding steroid dienone is 2. The van der Waals surface area contributed by atoms with E-state index in [4.69, 9.17) is 20.2 Å². The van der Waals surface area contributed by atoms with Crippen LogP contribution >= 0.6 is 0 Å². The standard InChI is InChI=1S/C26H23FN4O2/c1-32-24-29-15-18(16-30-24)26(21-11-5-3-10-20(21)23(28)31-26)25(33-2)13-7-8-17(14-25)19-9-4-6-12-22(19)27/h3-13,15-16H,14H2,1-2H3,(H2,28,31). The van der Waals surface area contributed by atoms with Crippen LogP contribution in [-0.2, 0) is 10.3 Å². The summed E-state index contributed by atoms with van der Waals surface area (Å²) in [5, 5.41) is 0. The largest absolute Gasteiger partial charge is 0.467 e. The van der Waals surface area contributed by atoms with Crippen LogP contribution in [0.1, 0.15) is 28.7 Å². The molecule has 5 rings (SSSR count). The number of benzene rings is 2. The average Bonchev–Trinajstić information content (AvgIpc) is 3.18. The van der Waals surface area contributed by atoms with Crippen LogP contribution in [0, 0.1) is 5.82 Å². The third-order valence-corrected chi connectivity index (χ3v) is 6.42. The van der Waals surface area contributed by atoms with Gasteiger partial charge in [-0.25, -0.2) is 19.4 Å². The highest BCUT2D eigenvalue weighted by Crippen LogP contribution is 2.54. The molecule has 2 heterocycles. The third kappa shape index (κ3) is 3.08. The summed E-state index contributed by atoms with van der Waals surface area (Å²) in [6.45, 7) is 0. The second-order valence-electron chi connectivity index (χ2n) is 8.01. The lowest BCUT2D eigenvalue weighted by Gasteiger charge is -2.46. The number of aromatic nitrogens is 2. The minimum Gasteiger partial charge on any atom is -0.467 e. The Balaban J connectivity index is 1.74. The molecule has 1 aliphatic heterocycles. The number of rotatable bonds is 5. The Morgan fingerprint density at radius 2 is 1.67 bits per heavy atom. The van der Waals surface area contributed by atoms with Gasteiger partial charge in [0.2, 0.25) is 0 Å². The summed E-state index contributed by atoms with van der Waals surface area (Å²) in [5.41, 5.74) is 8.03. The van der Waals surface area contributed by atoms with E-state index in [1.165, 1.54) is 13.2 Å². The lowest BCUT2D eigenvalue weighted by atomic mass is 9.66. The molecule has 0 saturated carbocycles. The number of nitrogens with zero attached hydrogens (tertiary/aromatic N) is 3. The van der Waals surface area contributed by atoms with Crippen molar-refractivity contribution in [1.82, 2.24) is 9.97 Å². The molecule has 2 unspecified atom stereocenters. The Morgan fingerprint density at radius 3 is 2.36 bits per heavy atom. The fourth-order valence-electron chi connectivity index (χ4n) is 4.88. The molecule has 33 heavy (non-hydrogen) atoms. The molecule has 1 aliphatic carbocycles. The first-order chi connectivity index (χ1) is 16.0. The maximum Gasteiger partial charge on any atom is 0.316 e. The molecule has 2 aliphatic rings. The minimum atomic E-state index is -1.09. The van der Waals surface area contributed by atoms with Crippen molar-refractivity contribution < 1.29 is 13.9 Å². The van der Waals surface area contributed by atoms with Gasteiger partial charge in [-0.2, -0.15) is 0 Å². The molecule has 0 amide bonds. The van der Waals surface area contributed by atoms with Gasteiger partial charge in [-0.1, -0.05) is 54.6 Å². The van der Waals surface area contributed by atoms with Gasteiger partial charge in [-0.15, -0.1) is 0 Å². The van der Waals surface area contributed by atoms with Gasteiger partial charge in [0.15, 0.2) is 0 Å². The summed E-state index contributed by atoms with van der Waals surface area (Å²) in [6.07, 6.45) is 9.47. The summed E-state index contributed by atoms with van der Waals surface area (Å²) in [7, 11) is 3.14. The van der Waals surface area contributed by atoms with Crippen LogP contribution in [0.3, 0.4) is 0 Å². The number of hydrogen-bond donors (Lipinski definition) is 1. The molecule has 7 heteroatoms. The summed E-state index contributed by atoms with van der Waals surface area (Å²) < 4.78 is 26.2. The minimum absolute atomic E-state index is 0.245. The van der Waals surface area contributed by atoms with Crippen LogP contribution < -0.4 is 10.5 Å². The Kier molecular flexibility index (Phi) is 5.06. The number of aliphatic imine (C=N–C) groups is 1. The number of ether oxygens (including phenoxy) is 2. The van der Waals surface area contributed by atoms with E-state index < -0.39 is 11.1 Å². The Labute approximate surface area is 191 Å². The van der Waals surface area contributed by atoms with Crippen molar-refractivity contribution in [3.8, 4) is 6.01 Å². The smallest absolute Gasteiger partial charge is 0.316 e. The molecular weight excluding hydrogens is 419 g/mol. The number of methoxy groups -OCH3 is 2. The first-order valence-corrected chi connectivity index (χ1v) is 10.5. The van der Waals surface area contributed by atoms with E-state index in [0.717, 1.165) is 16.7 Å². The van der Waals surface area contributed by atoms with Crippen molar-refractivity contribution in [2.45, 2.75) is 17.6 Å². The SMILES string of the molecule is COc1ncc(C2(C3(OC)C=CC=C(c4ccccc4F)C3)N=C(N)c3ccccc32)cn1. The predicted molar refractivity (Wildman–Crippen MR) is 124 cm³/mol. The van der Waals surface area contributed by atoms with Crippen molar-refractivity contribution in [3.05, 3.63) is 107 Å². The molecule has 0 radical (unpaired) electrons. The first kappa shape index (κ1) is 21.0. The van der Waals surface area contributed by atoms with Gasteiger partial charge < -0.3 is 15.2 Å². The molecule has 0 saturated heterocycles. The van der Waals surface area contributed by atoms with Crippen molar-refractivity contribution in [2.24, 2.45) is 10.7 Å². The highest BCUT2D eigenvalue weighted by molar-refractivity contribution is 6.03. The Hall–Kier alpha value is -3.84. The van der Waals surface area contributed by atoms with Gasteiger partial charge in [0.25, 0.3) is 0 Å². The van der Waals surface area contributed by atoms with Crippen molar-refractivity contribution in [1.29, 1.82) is 0 Å². The number of fused-ring (bicyclic) bond motifs is 1. The van der Waals surface area contributed by atoms with Crippen LogP contribution in [0.25, 0.3) is 5.57 Å². The summed E-state index contributed by atoms with van der Waals surface area (Å²) in [4.78, 5) is 13.7. The molecule has 2 atom stereocenters. The molecule has 0 spiro atoms. The molecule has 2 N–H and O–H groups in total. The van der Waals surface area contributed by atoms with Gasteiger partial charge in [-0.05, 0) is 23.3 Å². The summed E-state index contributed by atoms with van der Waals surface area (Å²) >= 11 is 0. The molecule has 6 nitrogen and oxygen atoms in total. The summed E-state index contributed by atoms with van der Waals surface area (Å²) in [6, 6.07) is 14.7. The van der Waals surface area contributed by atoms with E-state index in [1.807, 2.05) is 48.6 Å². The molecule has 1 aromatic heterocycles. The maximum absolute atomic E-state index is 14.7. The predicted octanol–water partition coefficient (Wildman–Crippen LogP) is 4.02. The maximum atomic E-state index is 14.7. The van der Waals surface area contributed by atoms with Crippen molar-refractivity contribution in [2.75, 3.05) is 14.2 Å². The van der Waals surface area contributed by atoms with E-state index in [2.05, 4.69) is 9.97 Å². The van der Waals surface area contributed by atoms with Crippen LogP contribution in [0.15, 0.2) is 84.1 Å². The molecule has 166 valence electrons. The zero-order valence-electron chi connectivity index (χ0n) is 18.3. The van der Waals surface area contributed by atoms with E-state index in [1.54, 1.807) is 31.6 Å². The lowest BCUT2D eigenvalue weighted by molar-refractivity contribution is -0.0155. The topological polar surface area (TPSA) is 82.6 Å². The molecular formula is C26H23FN4O2. The average molecular weight is 442 g/mol. The van der Waals surface area contributed by atoms with Gasteiger partial charge >= 0.3 is 6.01 Å².